The second kappa shape index (κ2) is 9.64. The molecule has 0 rings (SSSR count). The molecule has 0 aromatic heterocycles. The molecule has 0 radical (unpaired) electrons. The van der Waals surface area contributed by atoms with E-state index in [0.717, 1.165) is 0 Å². The van der Waals surface area contributed by atoms with Crippen LogP contribution in [0.15, 0.2) is 0 Å². The van der Waals surface area contributed by atoms with Crippen LogP contribution >= 0.6 is 0 Å². The Labute approximate surface area is 121 Å². The van der Waals surface area contributed by atoms with Crippen molar-refractivity contribution >= 4 is 29.8 Å². The minimum atomic E-state index is -6.06. The van der Waals surface area contributed by atoms with Gasteiger partial charge < -0.3 is 0 Å². The van der Waals surface area contributed by atoms with Crippen molar-refractivity contribution in [3.05, 3.63) is 0 Å². The Morgan fingerprint density at radius 3 is 0.571 bits per heavy atom. The maximum absolute atomic E-state index is 10.4. The monoisotopic (exact) mass is 365 g/mol. The fourth-order valence-corrected chi connectivity index (χ4v) is 0. The number of halogens is 12. The van der Waals surface area contributed by atoms with Crippen LogP contribution in [-0.4, -0.2) is 52.0 Å². The molecule has 0 fully saturated rings. The van der Waals surface area contributed by atoms with E-state index in [0.29, 0.717) is 0 Å². The predicted molar refractivity (Wildman–Crippen MR) is 45.9 cm³/mol. The van der Waals surface area contributed by atoms with Gasteiger partial charge in [0.15, 0.2) is 10.9 Å². The summed E-state index contributed by atoms with van der Waals surface area (Å²) in [6.45, 7) is 0. The fourth-order valence-electron chi connectivity index (χ4n) is 0. The van der Waals surface area contributed by atoms with Crippen LogP contribution in [-0.2, 0) is 10.9 Å². The summed E-state index contributed by atoms with van der Waals surface area (Å²) in [5.74, 6) is 0. The van der Waals surface area contributed by atoms with E-state index in [-0.39, 0.29) is 18.9 Å². The van der Waals surface area contributed by atoms with E-state index in [2.05, 4.69) is 5.14 Å². The van der Waals surface area contributed by atoms with Crippen LogP contribution in [0.4, 0.5) is 52.7 Å². The Kier molecular flexibility index (Phi) is 13.2. The molecule has 0 atom stereocenters. The number of rotatable bonds is 0. The van der Waals surface area contributed by atoms with Crippen molar-refractivity contribution in [2.24, 2.45) is 5.14 Å². The SMILES string of the molecule is FC(F)(F)C(F)(F)F.FC(F)(F)C(F)(F)F.N[SH](=O)=O.[LiH]. The molecule has 0 aliphatic rings. The summed E-state index contributed by atoms with van der Waals surface area (Å²) in [6.07, 6.45) is -24.2. The van der Waals surface area contributed by atoms with Crippen LogP contribution in [0.3, 0.4) is 0 Å². The van der Waals surface area contributed by atoms with E-state index >= 15 is 0 Å². The molecule has 0 saturated heterocycles. The van der Waals surface area contributed by atoms with Crippen molar-refractivity contribution in [1.82, 2.24) is 0 Å². The van der Waals surface area contributed by atoms with Crippen LogP contribution in [0, 0.1) is 0 Å². The van der Waals surface area contributed by atoms with E-state index in [4.69, 9.17) is 8.42 Å². The number of nitrogens with two attached hydrogens (primary N) is 1. The van der Waals surface area contributed by atoms with Gasteiger partial charge in [0.25, 0.3) is 0 Å². The summed E-state index contributed by atoms with van der Waals surface area (Å²) < 4.78 is 143. The number of hydrogen-bond acceptors (Lipinski definition) is 2. The van der Waals surface area contributed by atoms with E-state index in [1.807, 2.05) is 0 Å². The molecular weight excluding hydrogens is 361 g/mol. The topological polar surface area (TPSA) is 60.2 Å². The molecule has 0 amide bonds. The molecule has 0 bridgehead atoms. The quantitative estimate of drug-likeness (QED) is 0.392. The molecule has 0 unspecified atom stereocenters. The Morgan fingerprint density at radius 2 is 0.571 bits per heavy atom. The molecule has 0 aliphatic heterocycles. The molecule has 0 aliphatic carbocycles. The van der Waals surface area contributed by atoms with Crippen molar-refractivity contribution in [2.75, 3.05) is 0 Å². The Balaban J connectivity index is -0.000000107. The zero-order valence-electron chi connectivity index (χ0n) is 8.38. The summed E-state index contributed by atoms with van der Waals surface area (Å²) in [6, 6.07) is 0. The molecular formula is C4H4F12LiNO2S. The van der Waals surface area contributed by atoms with Gasteiger partial charge in [0.1, 0.15) is 0 Å². The Bertz CT molecular complexity index is 281. The van der Waals surface area contributed by atoms with Crippen molar-refractivity contribution in [2.45, 2.75) is 24.7 Å². The number of thiol groups is 1. The first kappa shape index (κ1) is 28.8. The van der Waals surface area contributed by atoms with Crippen LogP contribution in [0.25, 0.3) is 0 Å². The van der Waals surface area contributed by atoms with Crippen molar-refractivity contribution in [3.8, 4) is 0 Å². The normalized spacial score (nSPS) is 12.5. The molecule has 0 aromatic rings. The second-order valence-electron chi connectivity index (χ2n) is 2.28. The molecule has 0 saturated carbocycles. The summed E-state index contributed by atoms with van der Waals surface area (Å²) >= 11 is 0. The Hall–Kier alpha value is -0.333. The summed E-state index contributed by atoms with van der Waals surface area (Å²) in [4.78, 5) is 0. The van der Waals surface area contributed by atoms with Crippen LogP contribution < -0.4 is 5.14 Å². The van der Waals surface area contributed by atoms with E-state index in [1.54, 1.807) is 0 Å². The van der Waals surface area contributed by atoms with E-state index in [1.165, 1.54) is 0 Å². The van der Waals surface area contributed by atoms with E-state index < -0.39 is 35.6 Å². The molecule has 0 aromatic carbocycles. The van der Waals surface area contributed by atoms with Crippen LogP contribution in [0.5, 0.6) is 0 Å². The van der Waals surface area contributed by atoms with Gasteiger partial charge in [-0.2, -0.15) is 52.7 Å². The third kappa shape index (κ3) is 19.7. The Morgan fingerprint density at radius 1 is 0.524 bits per heavy atom. The van der Waals surface area contributed by atoms with Gasteiger partial charge in [0.05, 0.1) is 0 Å². The molecule has 0 spiro atoms. The van der Waals surface area contributed by atoms with Gasteiger partial charge in [-0.3, -0.25) is 0 Å². The zero-order chi connectivity index (χ0) is 17.6. The standard InChI is InChI=1S/2C2F6.Li.H3NO2S.H/c2*3-1(4,5)2(6,7)8;;1-4(2)3;/h;;;4H,(H2,1,2,3);. The van der Waals surface area contributed by atoms with Gasteiger partial charge in [0.2, 0.25) is 0 Å². The first-order valence-corrected chi connectivity index (χ1v) is 4.64. The van der Waals surface area contributed by atoms with Crippen molar-refractivity contribution in [1.29, 1.82) is 0 Å². The molecule has 0 heterocycles. The maximum atomic E-state index is 10.4. The first-order chi connectivity index (χ1) is 8.23. The third-order valence-electron chi connectivity index (χ3n) is 0.643. The summed E-state index contributed by atoms with van der Waals surface area (Å²) in [5.41, 5.74) is 0. The molecule has 3 nitrogen and oxygen atoms in total. The average Bonchev–Trinajstić information content (AvgIpc) is 1.94. The van der Waals surface area contributed by atoms with Crippen LogP contribution in [0.2, 0.25) is 0 Å². The molecule has 2 N–H and O–H groups in total. The predicted octanol–water partition coefficient (Wildman–Crippen LogP) is 2.04. The minimum absolute atomic E-state index is 0. The van der Waals surface area contributed by atoms with Crippen molar-refractivity contribution in [3.63, 3.8) is 0 Å². The zero-order valence-corrected chi connectivity index (χ0v) is 9.27. The summed E-state index contributed by atoms with van der Waals surface area (Å²) in [5, 5.41) is 4.06. The molecule has 17 heteroatoms. The number of hydrogen-bond donors (Lipinski definition) is 2. The fraction of sp³-hybridized carbons (Fsp3) is 1.00. The third-order valence-corrected chi connectivity index (χ3v) is 0.643. The van der Waals surface area contributed by atoms with Gasteiger partial charge in [-0.15, -0.1) is 0 Å². The molecule has 128 valence electrons. The summed E-state index contributed by atoms with van der Waals surface area (Å²) in [7, 11) is -2.62. The molecule has 21 heavy (non-hydrogen) atoms. The first-order valence-electron chi connectivity index (χ1n) is 3.39. The van der Waals surface area contributed by atoms with Crippen LogP contribution in [0.1, 0.15) is 0 Å². The van der Waals surface area contributed by atoms with Gasteiger partial charge in [-0.1, -0.05) is 0 Å². The van der Waals surface area contributed by atoms with Gasteiger partial charge in [-0.25, -0.2) is 13.6 Å². The van der Waals surface area contributed by atoms with Gasteiger partial charge in [-0.05, 0) is 0 Å². The van der Waals surface area contributed by atoms with Gasteiger partial charge in [0, 0.05) is 0 Å². The number of alkyl halides is 12. The average molecular weight is 365 g/mol. The van der Waals surface area contributed by atoms with Gasteiger partial charge >= 0.3 is 43.6 Å². The second-order valence-corrected chi connectivity index (χ2v) is 2.85. The van der Waals surface area contributed by atoms with E-state index in [9.17, 15) is 52.7 Å². The van der Waals surface area contributed by atoms with Crippen molar-refractivity contribution < 1.29 is 61.1 Å².